The first kappa shape index (κ1) is 11.1. The van der Waals surface area contributed by atoms with E-state index in [1.54, 1.807) is 24.7 Å². The Labute approximate surface area is 84.1 Å². The van der Waals surface area contributed by atoms with Gasteiger partial charge in [0, 0.05) is 13.2 Å². The number of hydrogen-bond donors (Lipinski definition) is 0. The molecule has 4 nitrogen and oxygen atoms in total. The van der Waals surface area contributed by atoms with Crippen molar-refractivity contribution < 1.29 is 18.9 Å². The molecule has 0 spiro atoms. The minimum atomic E-state index is 0.326. The summed E-state index contributed by atoms with van der Waals surface area (Å²) in [5.41, 5.74) is 0. The van der Waals surface area contributed by atoms with Gasteiger partial charge >= 0.3 is 0 Å². The molecule has 0 bridgehead atoms. The topological polar surface area (TPSA) is 36.9 Å². The molecule has 0 unspecified atom stereocenters. The number of ether oxygens (including phenoxy) is 4. The van der Waals surface area contributed by atoms with Crippen LogP contribution < -0.4 is 0 Å². The average molecular weight is 200 g/mol. The zero-order chi connectivity index (χ0) is 9.90. The molecule has 0 aromatic heterocycles. The van der Waals surface area contributed by atoms with Crippen molar-refractivity contribution in [3.8, 4) is 0 Å². The lowest BCUT2D eigenvalue weighted by molar-refractivity contribution is -0.0318. The predicted molar refractivity (Wildman–Crippen MR) is 51.3 cm³/mol. The van der Waals surface area contributed by atoms with Crippen LogP contribution in [0.25, 0.3) is 0 Å². The molecular weight excluding hydrogens is 184 g/mol. The molecule has 4 heteroatoms. The van der Waals surface area contributed by atoms with E-state index in [0.717, 1.165) is 26.1 Å². The van der Waals surface area contributed by atoms with Crippen molar-refractivity contribution in [1.82, 2.24) is 0 Å². The fourth-order valence-corrected chi connectivity index (χ4v) is 0.905. The predicted octanol–water partition coefficient (Wildman–Crippen LogP) is 1.79. The monoisotopic (exact) mass is 200 g/mol. The second kappa shape index (κ2) is 8.59. The summed E-state index contributed by atoms with van der Waals surface area (Å²) < 4.78 is 19.4. The summed E-state index contributed by atoms with van der Waals surface area (Å²) in [6.45, 7) is 2.58. The highest BCUT2D eigenvalue weighted by atomic mass is 16.7. The van der Waals surface area contributed by atoms with Gasteiger partial charge in [-0.25, -0.2) is 0 Å². The van der Waals surface area contributed by atoms with E-state index in [-0.39, 0.29) is 0 Å². The van der Waals surface area contributed by atoms with Crippen molar-refractivity contribution in [1.29, 1.82) is 0 Å². The second-order valence-corrected chi connectivity index (χ2v) is 2.75. The third-order valence-electron chi connectivity index (χ3n) is 1.59. The van der Waals surface area contributed by atoms with E-state index >= 15 is 0 Å². The molecule has 2 heterocycles. The lowest BCUT2D eigenvalue weighted by Crippen LogP contribution is -1.93. The zero-order valence-corrected chi connectivity index (χ0v) is 8.19. The SMILES string of the molecule is C1=COCOC=C1.C1CCOCOC1. The van der Waals surface area contributed by atoms with Crippen LogP contribution in [0, 0.1) is 0 Å². The van der Waals surface area contributed by atoms with Gasteiger partial charge in [-0.15, -0.1) is 0 Å². The van der Waals surface area contributed by atoms with Crippen LogP contribution in [0.2, 0.25) is 0 Å². The Morgan fingerprint density at radius 1 is 0.714 bits per heavy atom. The third kappa shape index (κ3) is 6.51. The summed E-state index contributed by atoms with van der Waals surface area (Å²) in [6.07, 6.45) is 9.02. The first-order valence-electron chi connectivity index (χ1n) is 4.70. The lowest BCUT2D eigenvalue weighted by atomic mass is 10.3. The van der Waals surface area contributed by atoms with Crippen LogP contribution in [-0.2, 0) is 18.9 Å². The number of hydrogen-bond acceptors (Lipinski definition) is 4. The molecule has 0 aliphatic carbocycles. The molecule has 0 aromatic rings. The van der Waals surface area contributed by atoms with E-state index in [2.05, 4.69) is 0 Å². The molecule has 1 fully saturated rings. The molecule has 0 saturated carbocycles. The van der Waals surface area contributed by atoms with Gasteiger partial charge in [0.05, 0.1) is 12.5 Å². The number of rotatable bonds is 0. The Balaban J connectivity index is 0.000000140. The molecule has 0 atom stereocenters. The highest BCUT2D eigenvalue weighted by Gasteiger charge is 1.94. The van der Waals surface area contributed by atoms with Crippen molar-refractivity contribution in [3.05, 3.63) is 24.7 Å². The van der Waals surface area contributed by atoms with E-state index in [9.17, 15) is 0 Å². The summed E-state index contributed by atoms with van der Waals surface area (Å²) in [7, 11) is 0. The van der Waals surface area contributed by atoms with Gasteiger partial charge in [-0.3, -0.25) is 0 Å². The summed E-state index contributed by atoms with van der Waals surface area (Å²) >= 11 is 0. The molecule has 0 aromatic carbocycles. The maximum Gasteiger partial charge on any atom is 0.229 e. The average Bonchev–Trinajstić information content (AvgIpc) is 2.68. The molecule has 14 heavy (non-hydrogen) atoms. The van der Waals surface area contributed by atoms with Gasteiger partial charge in [0.15, 0.2) is 0 Å². The molecule has 0 radical (unpaired) electrons. The van der Waals surface area contributed by atoms with E-state index in [1.807, 2.05) is 0 Å². The van der Waals surface area contributed by atoms with Crippen molar-refractivity contribution >= 4 is 0 Å². The minimum absolute atomic E-state index is 0.326. The highest BCUT2D eigenvalue weighted by Crippen LogP contribution is 1.96. The van der Waals surface area contributed by atoms with Gasteiger partial charge in [-0.1, -0.05) is 0 Å². The van der Waals surface area contributed by atoms with E-state index in [0.29, 0.717) is 13.6 Å². The van der Waals surface area contributed by atoms with Crippen molar-refractivity contribution in [2.75, 3.05) is 26.8 Å². The van der Waals surface area contributed by atoms with Gasteiger partial charge in [0.2, 0.25) is 6.79 Å². The Kier molecular flexibility index (Phi) is 6.80. The molecule has 2 aliphatic rings. The normalized spacial score (nSPS) is 20.6. The van der Waals surface area contributed by atoms with Crippen LogP contribution in [0.5, 0.6) is 0 Å². The molecule has 0 N–H and O–H groups in total. The summed E-state index contributed by atoms with van der Waals surface area (Å²) in [5.74, 6) is 0. The van der Waals surface area contributed by atoms with Crippen LogP contribution in [0.15, 0.2) is 24.7 Å². The van der Waals surface area contributed by atoms with Crippen LogP contribution in [0.1, 0.15) is 12.8 Å². The summed E-state index contributed by atoms with van der Waals surface area (Å²) in [4.78, 5) is 0. The lowest BCUT2D eigenvalue weighted by Gasteiger charge is -1.93. The zero-order valence-electron chi connectivity index (χ0n) is 8.19. The largest absolute Gasteiger partial charge is 0.465 e. The second-order valence-electron chi connectivity index (χ2n) is 2.75. The fraction of sp³-hybridized carbons (Fsp3) is 0.600. The molecule has 0 amide bonds. The van der Waals surface area contributed by atoms with Gasteiger partial charge in [-0.05, 0) is 25.0 Å². The van der Waals surface area contributed by atoms with Crippen LogP contribution >= 0.6 is 0 Å². The van der Waals surface area contributed by atoms with Crippen molar-refractivity contribution in [2.24, 2.45) is 0 Å². The van der Waals surface area contributed by atoms with Gasteiger partial charge < -0.3 is 18.9 Å². The van der Waals surface area contributed by atoms with Crippen LogP contribution in [0.4, 0.5) is 0 Å². The van der Waals surface area contributed by atoms with Gasteiger partial charge in [-0.2, -0.15) is 0 Å². The first-order valence-corrected chi connectivity index (χ1v) is 4.70. The molecule has 2 rings (SSSR count). The smallest absolute Gasteiger partial charge is 0.229 e. The maximum absolute atomic E-state index is 4.97. The first-order chi connectivity index (χ1) is 7.00. The van der Waals surface area contributed by atoms with E-state index < -0.39 is 0 Å². The Bertz CT molecular complexity index is 145. The standard InChI is InChI=1S/C5H10O2.C5H6O2/c2*1-2-4-7-5-6-3-1/h1-5H2;1-4H,5H2. The molecule has 80 valence electrons. The van der Waals surface area contributed by atoms with E-state index in [4.69, 9.17) is 18.9 Å². The molecular formula is C10H16O4. The summed E-state index contributed by atoms with van der Waals surface area (Å²) in [6, 6.07) is 0. The highest BCUT2D eigenvalue weighted by molar-refractivity contribution is 4.96. The Morgan fingerprint density at radius 3 is 1.86 bits per heavy atom. The minimum Gasteiger partial charge on any atom is -0.465 e. The quantitative estimate of drug-likeness (QED) is 0.597. The Morgan fingerprint density at radius 2 is 1.29 bits per heavy atom. The maximum atomic E-state index is 4.97. The van der Waals surface area contributed by atoms with Crippen molar-refractivity contribution in [2.45, 2.75) is 12.8 Å². The van der Waals surface area contributed by atoms with Gasteiger partial charge in [0.1, 0.15) is 6.79 Å². The summed E-state index contributed by atoms with van der Waals surface area (Å²) in [5, 5.41) is 0. The van der Waals surface area contributed by atoms with Crippen LogP contribution in [0.3, 0.4) is 0 Å². The third-order valence-corrected chi connectivity index (χ3v) is 1.59. The van der Waals surface area contributed by atoms with Gasteiger partial charge in [0.25, 0.3) is 0 Å². The van der Waals surface area contributed by atoms with E-state index in [1.165, 1.54) is 0 Å². The molecule has 2 aliphatic heterocycles. The Hall–Kier alpha value is -1.00. The van der Waals surface area contributed by atoms with Crippen molar-refractivity contribution in [3.63, 3.8) is 0 Å². The van der Waals surface area contributed by atoms with Crippen LogP contribution in [-0.4, -0.2) is 26.8 Å². The fourth-order valence-electron chi connectivity index (χ4n) is 0.905. The number of allylic oxidation sites excluding steroid dienone is 2. The molecule has 1 saturated heterocycles.